The van der Waals surface area contributed by atoms with Gasteiger partial charge in [0.15, 0.2) is 5.82 Å². The first-order valence-electron chi connectivity index (χ1n) is 8.20. The van der Waals surface area contributed by atoms with Crippen LogP contribution in [0.4, 0.5) is 5.82 Å². The highest BCUT2D eigenvalue weighted by molar-refractivity contribution is 5.92. The Morgan fingerprint density at radius 2 is 1.92 bits per heavy atom. The first kappa shape index (κ1) is 15.4. The van der Waals surface area contributed by atoms with Crippen LogP contribution < -0.4 is 5.32 Å². The number of aromatic nitrogens is 6. The van der Waals surface area contributed by atoms with Gasteiger partial charge < -0.3 is 5.32 Å². The maximum atomic E-state index is 12.4. The lowest BCUT2D eigenvalue weighted by Gasteiger charge is -2.10. The molecule has 0 radical (unpaired) electrons. The van der Waals surface area contributed by atoms with Crippen molar-refractivity contribution >= 4 is 11.7 Å². The van der Waals surface area contributed by atoms with Crippen molar-refractivity contribution in [3.05, 3.63) is 48.2 Å². The fourth-order valence-corrected chi connectivity index (χ4v) is 2.43. The molecule has 126 valence electrons. The summed E-state index contributed by atoms with van der Waals surface area (Å²) in [6, 6.07) is 12.6. The zero-order valence-corrected chi connectivity index (χ0v) is 13.7. The maximum Gasteiger partial charge on any atom is 0.252 e. The number of hydrogen-bond acceptors (Lipinski definition) is 6. The van der Waals surface area contributed by atoms with Gasteiger partial charge in [0.1, 0.15) is 6.04 Å². The minimum atomic E-state index is -0.616. The number of nitrogens with zero attached hydrogens (tertiary/aromatic N) is 6. The lowest BCUT2D eigenvalue weighted by Crippen LogP contribution is -2.26. The van der Waals surface area contributed by atoms with Crippen LogP contribution in [0.5, 0.6) is 0 Å². The van der Waals surface area contributed by atoms with Crippen molar-refractivity contribution in [2.75, 3.05) is 5.32 Å². The SMILES string of the molecule is CC(C(=O)Nc1ccc(C2CC2)nn1)n1nnc(-c2ccccc2)n1. The van der Waals surface area contributed by atoms with Gasteiger partial charge in [-0.3, -0.25) is 4.79 Å². The molecule has 1 aromatic carbocycles. The van der Waals surface area contributed by atoms with Gasteiger partial charge in [-0.15, -0.1) is 15.3 Å². The molecule has 0 aliphatic heterocycles. The van der Waals surface area contributed by atoms with Crippen LogP contribution in [0.1, 0.15) is 37.4 Å². The van der Waals surface area contributed by atoms with Gasteiger partial charge in [-0.25, -0.2) is 0 Å². The average molecular weight is 335 g/mol. The fraction of sp³-hybridized carbons (Fsp3) is 0.294. The van der Waals surface area contributed by atoms with Gasteiger partial charge >= 0.3 is 0 Å². The third kappa shape index (κ3) is 3.37. The zero-order valence-electron chi connectivity index (χ0n) is 13.7. The van der Waals surface area contributed by atoms with E-state index in [9.17, 15) is 4.79 Å². The molecule has 0 saturated heterocycles. The highest BCUT2D eigenvalue weighted by Crippen LogP contribution is 2.38. The van der Waals surface area contributed by atoms with Crippen molar-refractivity contribution in [3.63, 3.8) is 0 Å². The van der Waals surface area contributed by atoms with E-state index in [-0.39, 0.29) is 5.91 Å². The zero-order chi connectivity index (χ0) is 17.2. The number of rotatable bonds is 5. The molecule has 1 aliphatic carbocycles. The molecule has 0 bridgehead atoms. The van der Waals surface area contributed by atoms with Crippen LogP contribution in [-0.2, 0) is 4.79 Å². The van der Waals surface area contributed by atoms with Gasteiger partial charge in [0, 0.05) is 11.5 Å². The predicted octanol–water partition coefficient (Wildman–Crippen LogP) is 2.21. The molecule has 4 rings (SSSR count). The summed E-state index contributed by atoms with van der Waals surface area (Å²) in [5.41, 5.74) is 1.83. The van der Waals surface area contributed by atoms with Crippen LogP contribution in [0.2, 0.25) is 0 Å². The van der Waals surface area contributed by atoms with E-state index in [1.165, 1.54) is 17.6 Å². The molecule has 2 heterocycles. The Hall–Kier alpha value is -3.16. The van der Waals surface area contributed by atoms with E-state index in [1.54, 1.807) is 13.0 Å². The summed E-state index contributed by atoms with van der Waals surface area (Å²) in [4.78, 5) is 13.7. The maximum absolute atomic E-state index is 12.4. The molecule has 1 fully saturated rings. The lowest BCUT2D eigenvalue weighted by atomic mass is 10.2. The highest BCUT2D eigenvalue weighted by atomic mass is 16.2. The van der Waals surface area contributed by atoms with Crippen LogP contribution in [0.15, 0.2) is 42.5 Å². The van der Waals surface area contributed by atoms with Gasteiger partial charge in [0.05, 0.1) is 5.69 Å². The van der Waals surface area contributed by atoms with Crippen molar-refractivity contribution in [3.8, 4) is 11.4 Å². The Morgan fingerprint density at radius 1 is 1.12 bits per heavy atom. The monoisotopic (exact) mass is 335 g/mol. The van der Waals surface area contributed by atoms with Crippen molar-refractivity contribution in [1.82, 2.24) is 30.4 Å². The Balaban J connectivity index is 1.44. The molecule has 2 aromatic heterocycles. The predicted molar refractivity (Wildman–Crippen MR) is 90.6 cm³/mol. The van der Waals surface area contributed by atoms with Crippen molar-refractivity contribution in [2.24, 2.45) is 0 Å². The van der Waals surface area contributed by atoms with Gasteiger partial charge in [-0.2, -0.15) is 9.90 Å². The van der Waals surface area contributed by atoms with E-state index in [4.69, 9.17) is 0 Å². The molecule has 8 heteroatoms. The van der Waals surface area contributed by atoms with E-state index in [2.05, 4.69) is 30.9 Å². The molecule has 3 aromatic rings. The summed E-state index contributed by atoms with van der Waals surface area (Å²) in [5.74, 6) is 1.16. The number of nitrogens with one attached hydrogen (secondary N) is 1. The topological polar surface area (TPSA) is 98.5 Å². The Labute approximate surface area is 144 Å². The van der Waals surface area contributed by atoms with Crippen molar-refractivity contribution < 1.29 is 4.79 Å². The van der Waals surface area contributed by atoms with Crippen LogP contribution >= 0.6 is 0 Å². The molecule has 1 amide bonds. The third-order valence-corrected chi connectivity index (χ3v) is 4.12. The van der Waals surface area contributed by atoms with Crippen LogP contribution in [0.25, 0.3) is 11.4 Å². The standard InChI is InChI=1S/C17H17N7O/c1-11(24-22-16(21-23-24)13-5-3-2-4-6-13)17(25)18-15-10-9-14(19-20-15)12-7-8-12/h2-6,9-12H,7-8H2,1H3,(H,18,20,25). The molecular formula is C17H17N7O. The summed E-state index contributed by atoms with van der Waals surface area (Å²) in [5, 5.41) is 23.2. The fourth-order valence-electron chi connectivity index (χ4n) is 2.43. The summed E-state index contributed by atoms with van der Waals surface area (Å²) in [6.07, 6.45) is 2.33. The van der Waals surface area contributed by atoms with Crippen molar-refractivity contribution in [1.29, 1.82) is 0 Å². The van der Waals surface area contributed by atoms with Crippen LogP contribution in [-0.4, -0.2) is 36.3 Å². The smallest absolute Gasteiger partial charge is 0.252 e. The number of carbonyl (C=O) groups excluding carboxylic acids is 1. The van der Waals surface area contributed by atoms with Crippen LogP contribution in [0, 0.1) is 0 Å². The second-order valence-corrected chi connectivity index (χ2v) is 6.08. The lowest BCUT2D eigenvalue weighted by molar-refractivity contribution is -0.119. The van der Waals surface area contributed by atoms with E-state index < -0.39 is 6.04 Å². The summed E-state index contributed by atoms with van der Waals surface area (Å²) >= 11 is 0. The summed E-state index contributed by atoms with van der Waals surface area (Å²) in [6.45, 7) is 1.71. The molecule has 1 saturated carbocycles. The summed E-state index contributed by atoms with van der Waals surface area (Å²) < 4.78 is 0. The number of carbonyl (C=O) groups is 1. The molecule has 1 unspecified atom stereocenters. The van der Waals surface area contributed by atoms with Gasteiger partial charge in [0.25, 0.3) is 5.91 Å². The molecular weight excluding hydrogens is 318 g/mol. The first-order valence-corrected chi connectivity index (χ1v) is 8.20. The number of benzene rings is 1. The normalized spacial score (nSPS) is 14.9. The Kier molecular flexibility index (Phi) is 3.93. The highest BCUT2D eigenvalue weighted by Gasteiger charge is 2.25. The molecule has 1 atom stereocenters. The van der Waals surface area contributed by atoms with Gasteiger partial charge in [0.2, 0.25) is 5.82 Å². The molecule has 1 aliphatic rings. The first-order chi connectivity index (χ1) is 12.2. The number of hydrogen-bond donors (Lipinski definition) is 1. The largest absolute Gasteiger partial charge is 0.307 e. The number of amides is 1. The van der Waals surface area contributed by atoms with Gasteiger partial charge in [-0.05, 0) is 37.1 Å². The van der Waals surface area contributed by atoms with E-state index >= 15 is 0 Å². The Bertz CT molecular complexity index is 872. The van der Waals surface area contributed by atoms with E-state index in [0.29, 0.717) is 17.6 Å². The average Bonchev–Trinajstić information content (AvgIpc) is 3.39. The minimum Gasteiger partial charge on any atom is -0.307 e. The number of anilines is 1. The minimum absolute atomic E-state index is 0.273. The summed E-state index contributed by atoms with van der Waals surface area (Å²) in [7, 11) is 0. The number of tetrazole rings is 1. The quantitative estimate of drug-likeness (QED) is 0.767. The van der Waals surface area contributed by atoms with Crippen LogP contribution in [0.3, 0.4) is 0 Å². The van der Waals surface area contributed by atoms with E-state index in [0.717, 1.165) is 11.3 Å². The Morgan fingerprint density at radius 3 is 2.60 bits per heavy atom. The second kappa shape index (κ2) is 6.39. The molecule has 8 nitrogen and oxygen atoms in total. The molecule has 25 heavy (non-hydrogen) atoms. The van der Waals surface area contributed by atoms with Gasteiger partial charge in [-0.1, -0.05) is 30.3 Å². The second-order valence-electron chi connectivity index (χ2n) is 6.08. The van der Waals surface area contributed by atoms with E-state index in [1.807, 2.05) is 36.4 Å². The molecule has 1 N–H and O–H groups in total. The van der Waals surface area contributed by atoms with Crippen molar-refractivity contribution in [2.45, 2.75) is 31.7 Å². The molecule has 0 spiro atoms. The third-order valence-electron chi connectivity index (χ3n) is 4.12.